The molecule has 0 heterocycles. The van der Waals surface area contributed by atoms with Gasteiger partial charge in [0.1, 0.15) is 0 Å². The lowest BCUT2D eigenvalue weighted by molar-refractivity contribution is 0.0963. The molecule has 1 aliphatic carbocycles. The number of benzene rings is 2. The maximum Gasteiger partial charge on any atom is 0.251 e. The van der Waals surface area contributed by atoms with Gasteiger partial charge in [0, 0.05) is 45.3 Å². The maximum absolute atomic E-state index is 11.8. The summed E-state index contributed by atoms with van der Waals surface area (Å²) in [6.07, 6.45) is 7.55. The van der Waals surface area contributed by atoms with E-state index in [0.717, 1.165) is 37.6 Å². The number of nitrogens with zero attached hydrogens (tertiary/aromatic N) is 2. The molecule has 1 fully saturated rings. The van der Waals surface area contributed by atoms with Gasteiger partial charge in [-0.05, 0) is 55.1 Å². The van der Waals surface area contributed by atoms with E-state index in [1.807, 2.05) is 24.3 Å². The molecule has 33 heavy (non-hydrogen) atoms. The van der Waals surface area contributed by atoms with Gasteiger partial charge in [0.2, 0.25) is 0 Å². The third kappa shape index (κ3) is 7.60. The summed E-state index contributed by atoms with van der Waals surface area (Å²) >= 11 is 0. The fraction of sp³-hybridized carbons (Fsp3) is 0.481. The van der Waals surface area contributed by atoms with Gasteiger partial charge in [-0.3, -0.25) is 14.7 Å². The second-order valence-corrected chi connectivity index (χ2v) is 8.86. The highest BCUT2D eigenvalue weighted by atomic mass is 16.1. The van der Waals surface area contributed by atoms with Crippen molar-refractivity contribution in [1.82, 2.24) is 20.9 Å². The van der Waals surface area contributed by atoms with E-state index in [2.05, 4.69) is 57.2 Å². The molecule has 0 saturated heterocycles. The molecule has 0 radical (unpaired) electrons. The van der Waals surface area contributed by atoms with E-state index in [1.165, 1.54) is 43.2 Å². The van der Waals surface area contributed by atoms with Gasteiger partial charge in [0.05, 0.1) is 0 Å². The Balaban J connectivity index is 1.50. The first-order valence-corrected chi connectivity index (χ1v) is 12.1. The first-order chi connectivity index (χ1) is 16.1. The van der Waals surface area contributed by atoms with Crippen molar-refractivity contribution in [3.05, 3.63) is 70.8 Å². The second-order valence-electron chi connectivity index (χ2n) is 8.86. The summed E-state index contributed by atoms with van der Waals surface area (Å²) in [6, 6.07) is 17.1. The summed E-state index contributed by atoms with van der Waals surface area (Å²) in [5, 5.41) is 9.52. The van der Waals surface area contributed by atoms with E-state index in [-0.39, 0.29) is 5.91 Å². The predicted molar refractivity (Wildman–Crippen MR) is 137 cm³/mol. The minimum atomic E-state index is -0.0601. The second kappa shape index (κ2) is 13.0. The van der Waals surface area contributed by atoms with Crippen LogP contribution in [0, 0.1) is 0 Å². The van der Waals surface area contributed by atoms with Crippen molar-refractivity contribution in [1.29, 1.82) is 0 Å². The first-order valence-electron chi connectivity index (χ1n) is 12.1. The lowest BCUT2D eigenvalue weighted by Crippen LogP contribution is -2.38. The van der Waals surface area contributed by atoms with Crippen LogP contribution in [0.1, 0.15) is 59.2 Å². The number of guanidine groups is 1. The molecule has 1 saturated carbocycles. The molecule has 1 aliphatic rings. The molecule has 2 aromatic rings. The summed E-state index contributed by atoms with van der Waals surface area (Å²) in [7, 11) is 5.71. The Labute approximate surface area is 198 Å². The normalized spacial score (nSPS) is 14.8. The molecule has 0 unspecified atom stereocenters. The fourth-order valence-electron chi connectivity index (χ4n) is 4.54. The average Bonchev–Trinajstić information content (AvgIpc) is 2.87. The van der Waals surface area contributed by atoms with Crippen molar-refractivity contribution < 1.29 is 4.79 Å². The fourth-order valence-corrected chi connectivity index (χ4v) is 4.54. The summed E-state index contributed by atoms with van der Waals surface area (Å²) in [5.41, 5.74) is 4.49. The molecule has 1 amide bonds. The zero-order valence-electron chi connectivity index (χ0n) is 20.4. The molecule has 6 nitrogen and oxygen atoms in total. The Morgan fingerprint density at radius 3 is 2.52 bits per heavy atom. The van der Waals surface area contributed by atoms with Crippen LogP contribution in [0.3, 0.4) is 0 Å². The van der Waals surface area contributed by atoms with Gasteiger partial charge in [-0.25, -0.2) is 0 Å². The largest absolute Gasteiger partial charge is 0.356 e. The maximum atomic E-state index is 11.8. The predicted octanol–water partition coefficient (Wildman–Crippen LogP) is 3.72. The van der Waals surface area contributed by atoms with Gasteiger partial charge >= 0.3 is 0 Å². The molecule has 0 bridgehead atoms. The van der Waals surface area contributed by atoms with Crippen molar-refractivity contribution >= 4 is 11.9 Å². The highest BCUT2D eigenvalue weighted by Crippen LogP contribution is 2.23. The molecule has 3 N–H and O–H groups in total. The number of amides is 1. The van der Waals surface area contributed by atoms with E-state index in [0.29, 0.717) is 11.6 Å². The van der Waals surface area contributed by atoms with Crippen molar-refractivity contribution in [2.75, 3.05) is 27.7 Å². The summed E-state index contributed by atoms with van der Waals surface area (Å²) < 4.78 is 0. The van der Waals surface area contributed by atoms with E-state index in [1.54, 1.807) is 14.1 Å². The zero-order valence-corrected chi connectivity index (χ0v) is 20.4. The van der Waals surface area contributed by atoms with Gasteiger partial charge in [-0.2, -0.15) is 0 Å². The van der Waals surface area contributed by atoms with Crippen molar-refractivity contribution in [2.45, 2.75) is 57.7 Å². The first kappa shape index (κ1) is 24.8. The van der Waals surface area contributed by atoms with Gasteiger partial charge in [-0.1, -0.05) is 55.7 Å². The van der Waals surface area contributed by atoms with Crippen LogP contribution in [0.15, 0.2) is 53.5 Å². The number of hydrogen-bond acceptors (Lipinski definition) is 3. The van der Waals surface area contributed by atoms with Gasteiger partial charge < -0.3 is 16.0 Å². The van der Waals surface area contributed by atoms with Gasteiger partial charge in [-0.15, -0.1) is 0 Å². The number of nitrogens with one attached hydrogen (secondary N) is 3. The lowest BCUT2D eigenvalue weighted by Gasteiger charge is -2.31. The Bertz CT molecular complexity index is 920. The summed E-state index contributed by atoms with van der Waals surface area (Å²) in [4.78, 5) is 18.7. The molecule has 0 aromatic heterocycles. The highest BCUT2D eigenvalue weighted by molar-refractivity contribution is 5.94. The van der Waals surface area contributed by atoms with Crippen LogP contribution in [0.25, 0.3) is 0 Å². The Morgan fingerprint density at radius 2 is 1.79 bits per heavy atom. The number of rotatable bonds is 9. The third-order valence-electron chi connectivity index (χ3n) is 6.53. The summed E-state index contributed by atoms with van der Waals surface area (Å²) in [6.45, 7) is 2.46. The van der Waals surface area contributed by atoms with Crippen LogP contribution in [-0.2, 0) is 19.5 Å². The summed E-state index contributed by atoms with van der Waals surface area (Å²) in [5.74, 6) is 0.725. The topological polar surface area (TPSA) is 68.8 Å². The minimum Gasteiger partial charge on any atom is -0.356 e. The van der Waals surface area contributed by atoms with Crippen LogP contribution in [-0.4, -0.2) is 50.5 Å². The number of aliphatic imine (C=N–C) groups is 1. The molecule has 0 aliphatic heterocycles. The lowest BCUT2D eigenvalue weighted by atomic mass is 9.94. The number of carbonyl (C=O) groups is 1. The highest BCUT2D eigenvalue weighted by Gasteiger charge is 2.18. The van der Waals surface area contributed by atoms with Crippen LogP contribution in [0.5, 0.6) is 0 Å². The quantitative estimate of drug-likeness (QED) is 0.403. The van der Waals surface area contributed by atoms with Crippen LogP contribution >= 0.6 is 0 Å². The van der Waals surface area contributed by atoms with Crippen molar-refractivity contribution in [3.8, 4) is 0 Å². The molecule has 178 valence electrons. The Hall–Kier alpha value is -2.86. The van der Waals surface area contributed by atoms with E-state index in [4.69, 9.17) is 0 Å². The van der Waals surface area contributed by atoms with Crippen molar-refractivity contribution in [3.63, 3.8) is 0 Å². The average molecular weight is 450 g/mol. The third-order valence-corrected chi connectivity index (χ3v) is 6.53. The number of carbonyl (C=O) groups excluding carboxylic acids is 1. The Morgan fingerprint density at radius 1 is 1.03 bits per heavy atom. The zero-order chi connectivity index (χ0) is 23.5. The minimum absolute atomic E-state index is 0.0601. The molecule has 6 heteroatoms. The van der Waals surface area contributed by atoms with E-state index < -0.39 is 0 Å². The van der Waals surface area contributed by atoms with Crippen LogP contribution in [0.2, 0.25) is 0 Å². The standard InChI is InChI=1S/C27H39N5O/c1-28-26(33)22-13-9-10-21(18-22)16-17-30-27(29-2)31-19-23-11-7-8-12-24(23)20-32(3)25-14-5-4-6-15-25/h7-13,18,25H,4-6,14-17,19-20H2,1-3H3,(H,28,33)(H2,29,30,31). The SMILES string of the molecule is CN=C(NCCc1cccc(C(=O)NC)c1)NCc1ccccc1CN(C)C1CCCCC1. The Kier molecular flexibility index (Phi) is 9.76. The van der Waals surface area contributed by atoms with E-state index >= 15 is 0 Å². The van der Waals surface area contributed by atoms with Gasteiger partial charge in [0.15, 0.2) is 5.96 Å². The van der Waals surface area contributed by atoms with Gasteiger partial charge in [0.25, 0.3) is 5.91 Å². The van der Waals surface area contributed by atoms with Crippen molar-refractivity contribution in [2.24, 2.45) is 4.99 Å². The monoisotopic (exact) mass is 449 g/mol. The van der Waals surface area contributed by atoms with Crippen LogP contribution < -0.4 is 16.0 Å². The molecule has 2 aromatic carbocycles. The molecule has 0 spiro atoms. The molecular formula is C27H39N5O. The smallest absolute Gasteiger partial charge is 0.251 e. The molecule has 3 rings (SSSR count). The molecule has 0 atom stereocenters. The number of hydrogen-bond donors (Lipinski definition) is 3. The molecular weight excluding hydrogens is 410 g/mol. The van der Waals surface area contributed by atoms with E-state index in [9.17, 15) is 4.79 Å². The van der Waals surface area contributed by atoms with Crippen LogP contribution in [0.4, 0.5) is 0 Å².